The molecule has 2 nitrogen and oxygen atoms in total. The Bertz CT molecular complexity index is 512. The molecule has 0 spiro atoms. The number of rotatable bonds is 4. The van der Waals surface area contributed by atoms with Crippen molar-refractivity contribution in [2.24, 2.45) is 0 Å². The lowest BCUT2D eigenvalue weighted by Crippen LogP contribution is -2.44. The van der Waals surface area contributed by atoms with Crippen LogP contribution in [0.25, 0.3) is 0 Å². The molecule has 2 aromatic rings. The van der Waals surface area contributed by atoms with Gasteiger partial charge in [0.15, 0.2) is 0 Å². The van der Waals surface area contributed by atoms with Crippen LogP contribution >= 0.6 is 22.9 Å². The number of thiophene rings is 1. The van der Waals surface area contributed by atoms with E-state index in [0.717, 1.165) is 5.56 Å². The highest BCUT2D eigenvalue weighted by atomic mass is 35.5. The van der Waals surface area contributed by atoms with Gasteiger partial charge in [-0.1, -0.05) is 36.4 Å². The molecule has 0 bridgehead atoms. The smallest absolute Gasteiger partial charge is 0.262 e. The van der Waals surface area contributed by atoms with E-state index < -0.39 is 5.54 Å². The first-order valence-electron chi connectivity index (χ1n) is 5.63. The minimum Gasteiger partial charge on any atom is -0.341 e. The molecule has 0 radical (unpaired) electrons. The maximum Gasteiger partial charge on any atom is 0.262 e. The van der Waals surface area contributed by atoms with Gasteiger partial charge in [-0.15, -0.1) is 22.9 Å². The average molecular weight is 280 g/mol. The number of benzene rings is 1. The average Bonchev–Trinajstić information content (AvgIpc) is 2.93. The summed E-state index contributed by atoms with van der Waals surface area (Å²) in [7, 11) is 0. The molecule has 0 saturated carbocycles. The monoisotopic (exact) mass is 279 g/mol. The molecule has 4 heteroatoms. The molecule has 1 heterocycles. The van der Waals surface area contributed by atoms with Gasteiger partial charge in [0, 0.05) is 5.88 Å². The lowest BCUT2D eigenvalue weighted by molar-refractivity contribution is 0.0917. The second kappa shape index (κ2) is 5.55. The van der Waals surface area contributed by atoms with E-state index in [0.29, 0.717) is 10.8 Å². The third-order valence-corrected chi connectivity index (χ3v) is 4.22. The number of carbonyl (C=O) groups is 1. The van der Waals surface area contributed by atoms with Crippen LogP contribution in [0.1, 0.15) is 22.2 Å². The van der Waals surface area contributed by atoms with Gasteiger partial charge in [0.2, 0.25) is 0 Å². The first kappa shape index (κ1) is 13.1. The third kappa shape index (κ3) is 2.74. The van der Waals surface area contributed by atoms with Crippen molar-refractivity contribution < 1.29 is 4.79 Å². The van der Waals surface area contributed by atoms with E-state index >= 15 is 0 Å². The number of nitrogens with one attached hydrogen (secondary N) is 1. The molecular weight excluding hydrogens is 266 g/mol. The van der Waals surface area contributed by atoms with Crippen LogP contribution < -0.4 is 5.32 Å². The van der Waals surface area contributed by atoms with Crippen molar-refractivity contribution in [1.29, 1.82) is 0 Å². The predicted molar refractivity (Wildman–Crippen MR) is 76.3 cm³/mol. The van der Waals surface area contributed by atoms with Gasteiger partial charge in [-0.05, 0) is 23.9 Å². The largest absolute Gasteiger partial charge is 0.341 e. The van der Waals surface area contributed by atoms with E-state index in [9.17, 15) is 4.79 Å². The summed E-state index contributed by atoms with van der Waals surface area (Å²) in [5.41, 5.74) is 0.453. The zero-order chi connectivity index (χ0) is 13.0. The Morgan fingerprint density at radius 1 is 1.28 bits per heavy atom. The van der Waals surface area contributed by atoms with Crippen LogP contribution in [0.5, 0.6) is 0 Å². The van der Waals surface area contributed by atoms with Gasteiger partial charge >= 0.3 is 0 Å². The standard InChI is InChI=1S/C14H14ClNOS/c1-14(10-15,11-6-3-2-4-7-11)16-13(17)12-8-5-9-18-12/h2-9H,10H2,1H3,(H,16,17). The topological polar surface area (TPSA) is 29.1 Å². The molecule has 0 fully saturated rings. The van der Waals surface area contributed by atoms with Gasteiger partial charge in [0.25, 0.3) is 5.91 Å². The number of alkyl halides is 1. The van der Waals surface area contributed by atoms with Crippen LogP contribution in [0, 0.1) is 0 Å². The van der Waals surface area contributed by atoms with Crippen molar-refractivity contribution in [1.82, 2.24) is 5.32 Å². The summed E-state index contributed by atoms with van der Waals surface area (Å²) in [6.45, 7) is 1.93. The second-order valence-corrected chi connectivity index (χ2v) is 5.48. The van der Waals surface area contributed by atoms with Gasteiger partial charge in [-0.2, -0.15) is 0 Å². The Labute approximate surface area is 116 Å². The second-order valence-electron chi connectivity index (χ2n) is 4.26. The van der Waals surface area contributed by atoms with Crippen LogP contribution in [0.3, 0.4) is 0 Å². The Morgan fingerprint density at radius 2 is 2.00 bits per heavy atom. The molecule has 2 rings (SSSR count). The number of hydrogen-bond acceptors (Lipinski definition) is 2. The normalized spacial score (nSPS) is 13.9. The minimum atomic E-state index is -0.552. The lowest BCUT2D eigenvalue weighted by atomic mass is 9.94. The van der Waals surface area contributed by atoms with Gasteiger partial charge in [-0.25, -0.2) is 0 Å². The highest BCUT2D eigenvalue weighted by Crippen LogP contribution is 2.23. The van der Waals surface area contributed by atoms with E-state index in [4.69, 9.17) is 11.6 Å². The fourth-order valence-corrected chi connectivity index (χ4v) is 2.55. The van der Waals surface area contributed by atoms with E-state index in [-0.39, 0.29) is 5.91 Å². The summed E-state index contributed by atoms with van der Waals surface area (Å²) in [5.74, 6) is 0.241. The Hall–Kier alpha value is -1.32. The Kier molecular flexibility index (Phi) is 4.04. The first-order valence-corrected chi connectivity index (χ1v) is 7.04. The highest BCUT2D eigenvalue weighted by Gasteiger charge is 2.28. The van der Waals surface area contributed by atoms with E-state index in [2.05, 4.69) is 5.32 Å². The van der Waals surface area contributed by atoms with Crippen molar-refractivity contribution in [3.63, 3.8) is 0 Å². The summed E-state index contributed by atoms with van der Waals surface area (Å²) >= 11 is 7.46. The minimum absolute atomic E-state index is 0.0861. The fourth-order valence-electron chi connectivity index (χ4n) is 1.71. The van der Waals surface area contributed by atoms with Gasteiger partial charge in [-0.3, -0.25) is 4.79 Å². The maximum atomic E-state index is 12.1. The van der Waals surface area contributed by atoms with Crippen LogP contribution in [-0.4, -0.2) is 11.8 Å². The molecule has 1 unspecified atom stereocenters. The molecule has 0 saturated heterocycles. The molecule has 0 aliphatic heterocycles. The van der Waals surface area contributed by atoms with Crippen LogP contribution in [0.15, 0.2) is 47.8 Å². The Balaban J connectivity index is 2.21. The fraction of sp³-hybridized carbons (Fsp3) is 0.214. The van der Waals surface area contributed by atoms with E-state index in [1.807, 2.05) is 48.7 Å². The maximum absolute atomic E-state index is 12.1. The molecule has 1 aromatic heterocycles. The molecular formula is C14H14ClNOS. The number of halogens is 1. The number of carbonyl (C=O) groups excluding carboxylic acids is 1. The van der Waals surface area contributed by atoms with Crippen LogP contribution in [0.2, 0.25) is 0 Å². The lowest BCUT2D eigenvalue weighted by Gasteiger charge is -2.29. The summed E-state index contributed by atoms with van der Waals surface area (Å²) < 4.78 is 0. The van der Waals surface area contributed by atoms with Crippen molar-refractivity contribution in [2.75, 3.05) is 5.88 Å². The van der Waals surface area contributed by atoms with Gasteiger partial charge in [0.1, 0.15) is 0 Å². The van der Waals surface area contributed by atoms with Crippen molar-refractivity contribution in [3.05, 3.63) is 58.3 Å². The van der Waals surface area contributed by atoms with E-state index in [1.54, 1.807) is 6.07 Å². The zero-order valence-corrected chi connectivity index (χ0v) is 11.6. The first-order chi connectivity index (χ1) is 8.65. The SMILES string of the molecule is CC(CCl)(NC(=O)c1cccs1)c1ccccc1. The summed E-state index contributed by atoms with van der Waals surface area (Å²) in [5, 5.41) is 4.89. The molecule has 1 amide bonds. The van der Waals surface area contributed by atoms with E-state index in [1.165, 1.54) is 11.3 Å². The number of amides is 1. The molecule has 94 valence electrons. The van der Waals surface area contributed by atoms with Crippen LogP contribution in [0.4, 0.5) is 0 Å². The summed E-state index contributed by atoms with van der Waals surface area (Å²) in [6, 6.07) is 13.4. The summed E-state index contributed by atoms with van der Waals surface area (Å²) in [4.78, 5) is 12.8. The molecule has 0 aliphatic rings. The van der Waals surface area contributed by atoms with Gasteiger partial charge < -0.3 is 5.32 Å². The summed E-state index contributed by atoms with van der Waals surface area (Å²) in [6.07, 6.45) is 0. The van der Waals surface area contributed by atoms with Gasteiger partial charge in [0.05, 0.1) is 10.4 Å². The zero-order valence-electron chi connectivity index (χ0n) is 10.0. The quantitative estimate of drug-likeness (QED) is 0.851. The van der Waals surface area contributed by atoms with Crippen LogP contribution in [-0.2, 0) is 5.54 Å². The highest BCUT2D eigenvalue weighted by molar-refractivity contribution is 7.12. The molecule has 18 heavy (non-hydrogen) atoms. The molecule has 1 N–H and O–H groups in total. The third-order valence-electron chi connectivity index (χ3n) is 2.81. The Morgan fingerprint density at radius 3 is 2.56 bits per heavy atom. The molecule has 0 aliphatic carbocycles. The number of hydrogen-bond donors (Lipinski definition) is 1. The van der Waals surface area contributed by atoms with Crippen molar-refractivity contribution >= 4 is 28.8 Å². The molecule has 1 aromatic carbocycles. The molecule has 1 atom stereocenters. The van der Waals surface area contributed by atoms with Crippen molar-refractivity contribution in [2.45, 2.75) is 12.5 Å². The van der Waals surface area contributed by atoms with Crippen molar-refractivity contribution in [3.8, 4) is 0 Å². The predicted octanol–water partition coefficient (Wildman–Crippen LogP) is 3.63.